The molecule has 0 heterocycles. The maximum Gasteiger partial charge on any atom is 0.416 e. The van der Waals surface area contributed by atoms with Gasteiger partial charge in [0.1, 0.15) is 0 Å². The maximum atomic E-state index is 12.7. The topological polar surface area (TPSA) is 66.5 Å². The summed E-state index contributed by atoms with van der Waals surface area (Å²) in [5, 5.41) is 2.41. The van der Waals surface area contributed by atoms with Crippen molar-refractivity contribution in [3.8, 4) is 0 Å². The molecule has 0 spiro atoms. The number of sulfonamides is 1. The third-order valence-corrected chi connectivity index (χ3v) is 5.12. The van der Waals surface area contributed by atoms with Gasteiger partial charge in [-0.3, -0.25) is 9.10 Å². The van der Waals surface area contributed by atoms with Gasteiger partial charge in [-0.05, 0) is 49.2 Å². The van der Waals surface area contributed by atoms with E-state index < -0.39 is 27.7 Å². The highest BCUT2D eigenvalue weighted by Crippen LogP contribution is 2.30. The first-order valence-corrected chi connectivity index (χ1v) is 10.3. The summed E-state index contributed by atoms with van der Waals surface area (Å²) in [6.07, 6.45) is -3.23. The molecule has 2 rings (SSSR count). The van der Waals surface area contributed by atoms with E-state index in [1.165, 1.54) is 16.4 Å². The van der Waals surface area contributed by atoms with Gasteiger partial charge in [-0.25, -0.2) is 8.42 Å². The molecule has 2 aromatic rings. The van der Waals surface area contributed by atoms with Gasteiger partial charge >= 0.3 is 6.18 Å². The molecule has 0 atom stereocenters. The Labute approximate surface area is 162 Å². The molecule has 0 fully saturated rings. The molecule has 1 amide bonds. The summed E-state index contributed by atoms with van der Waals surface area (Å²) in [7, 11) is -3.54. The van der Waals surface area contributed by atoms with E-state index in [9.17, 15) is 26.4 Å². The average Bonchev–Trinajstić information content (AvgIpc) is 2.57. The van der Waals surface area contributed by atoms with Crippen molar-refractivity contribution in [2.75, 3.05) is 22.4 Å². The zero-order valence-corrected chi connectivity index (χ0v) is 16.3. The lowest BCUT2D eigenvalue weighted by atomic mass is 10.2. The lowest BCUT2D eigenvalue weighted by molar-refractivity contribution is -0.137. The average molecular weight is 414 g/mol. The van der Waals surface area contributed by atoms with Crippen molar-refractivity contribution in [3.63, 3.8) is 0 Å². The fourth-order valence-electron chi connectivity index (χ4n) is 2.65. The van der Waals surface area contributed by atoms with Crippen LogP contribution in [0.4, 0.5) is 24.5 Å². The minimum absolute atomic E-state index is 0.0336. The van der Waals surface area contributed by atoms with Crippen molar-refractivity contribution in [1.29, 1.82) is 0 Å². The van der Waals surface area contributed by atoms with Crippen LogP contribution in [-0.2, 0) is 21.0 Å². The Hall–Kier alpha value is -2.55. The number of rotatable bonds is 7. The zero-order chi connectivity index (χ0) is 20.9. The standard InChI is InChI=1S/C19H21F3N2O3S/c1-14-6-3-9-17(12-14)24(28(2,26)27)11-5-10-18(25)23-16-8-4-7-15(13-16)19(20,21)22/h3-4,6-9,12-13H,5,10-11H2,1-2H3,(H,23,25). The quantitative estimate of drug-likeness (QED) is 0.739. The van der Waals surface area contributed by atoms with Crippen molar-refractivity contribution >= 4 is 27.3 Å². The van der Waals surface area contributed by atoms with Gasteiger partial charge in [-0.15, -0.1) is 0 Å². The van der Waals surface area contributed by atoms with Crippen molar-refractivity contribution in [2.45, 2.75) is 25.9 Å². The van der Waals surface area contributed by atoms with Crippen LogP contribution in [0.3, 0.4) is 0 Å². The predicted octanol–water partition coefficient (Wildman–Crippen LogP) is 4.20. The van der Waals surface area contributed by atoms with Crippen LogP contribution in [-0.4, -0.2) is 27.1 Å². The molecular formula is C19H21F3N2O3S. The molecule has 0 unspecified atom stereocenters. The lowest BCUT2D eigenvalue weighted by Gasteiger charge is -2.22. The van der Waals surface area contributed by atoms with Crippen molar-refractivity contribution in [2.24, 2.45) is 0 Å². The number of carbonyl (C=O) groups excluding carboxylic acids is 1. The number of alkyl halides is 3. The van der Waals surface area contributed by atoms with E-state index in [0.717, 1.165) is 24.0 Å². The molecule has 0 aliphatic rings. The molecule has 9 heteroatoms. The molecule has 1 N–H and O–H groups in total. The van der Waals surface area contributed by atoms with Gasteiger partial charge in [0.15, 0.2) is 0 Å². The number of halogens is 3. The summed E-state index contributed by atoms with van der Waals surface area (Å²) in [5.74, 6) is -0.489. The summed E-state index contributed by atoms with van der Waals surface area (Å²) < 4.78 is 63.5. The first kappa shape index (κ1) is 21.7. The van der Waals surface area contributed by atoms with Crippen LogP contribution in [0.5, 0.6) is 0 Å². The molecule has 0 bridgehead atoms. The summed E-state index contributed by atoms with van der Waals surface area (Å²) >= 11 is 0. The second kappa shape index (κ2) is 8.64. The smallest absolute Gasteiger partial charge is 0.326 e. The van der Waals surface area contributed by atoms with E-state index in [1.54, 1.807) is 18.2 Å². The Morgan fingerprint density at radius 3 is 2.39 bits per heavy atom. The first-order chi connectivity index (χ1) is 13.0. The van der Waals surface area contributed by atoms with Crippen LogP contribution in [0.2, 0.25) is 0 Å². The van der Waals surface area contributed by atoms with Crippen molar-refractivity contribution in [1.82, 2.24) is 0 Å². The fraction of sp³-hybridized carbons (Fsp3) is 0.316. The van der Waals surface area contributed by atoms with Gasteiger partial charge in [0.05, 0.1) is 17.5 Å². The van der Waals surface area contributed by atoms with Crippen molar-refractivity contribution in [3.05, 3.63) is 59.7 Å². The molecule has 28 heavy (non-hydrogen) atoms. The number of hydrogen-bond donors (Lipinski definition) is 1. The Balaban J connectivity index is 1.98. The fourth-order valence-corrected chi connectivity index (χ4v) is 3.61. The summed E-state index contributed by atoms with van der Waals surface area (Å²) in [6, 6.07) is 11.3. The van der Waals surface area contributed by atoms with E-state index in [1.807, 2.05) is 13.0 Å². The summed E-state index contributed by atoms with van der Waals surface area (Å²) in [4.78, 5) is 12.0. The van der Waals surface area contributed by atoms with E-state index in [2.05, 4.69) is 5.32 Å². The lowest BCUT2D eigenvalue weighted by Crippen LogP contribution is -2.31. The Bertz CT molecular complexity index is 943. The third-order valence-electron chi connectivity index (χ3n) is 3.93. The molecule has 0 radical (unpaired) electrons. The van der Waals surface area contributed by atoms with Gasteiger partial charge in [0.25, 0.3) is 0 Å². The second-order valence-electron chi connectivity index (χ2n) is 6.40. The van der Waals surface area contributed by atoms with E-state index >= 15 is 0 Å². The van der Waals surface area contributed by atoms with Gasteiger partial charge in [0.2, 0.25) is 15.9 Å². The normalized spacial score (nSPS) is 11.9. The minimum Gasteiger partial charge on any atom is -0.326 e. The zero-order valence-electron chi connectivity index (χ0n) is 15.5. The van der Waals surface area contributed by atoms with Crippen LogP contribution in [0.15, 0.2) is 48.5 Å². The van der Waals surface area contributed by atoms with Gasteiger partial charge in [0, 0.05) is 18.7 Å². The number of aryl methyl sites for hydroxylation is 1. The number of anilines is 2. The highest BCUT2D eigenvalue weighted by molar-refractivity contribution is 7.92. The number of nitrogens with one attached hydrogen (secondary N) is 1. The molecule has 0 aliphatic carbocycles. The highest BCUT2D eigenvalue weighted by Gasteiger charge is 2.30. The largest absolute Gasteiger partial charge is 0.416 e. The third kappa shape index (κ3) is 6.26. The number of amides is 1. The Kier molecular flexibility index (Phi) is 6.71. The van der Waals surface area contributed by atoms with Crippen LogP contribution in [0.1, 0.15) is 24.0 Å². The number of hydrogen-bond acceptors (Lipinski definition) is 3. The number of carbonyl (C=O) groups is 1. The van der Waals surface area contributed by atoms with Crippen LogP contribution >= 0.6 is 0 Å². The molecule has 152 valence electrons. The van der Waals surface area contributed by atoms with E-state index in [-0.39, 0.29) is 25.1 Å². The molecule has 0 saturated carbocycles. The number of benzene rings is 2. The van der Waals surface area contributed by atoms with E-state index in [4.69, 9.17) is 0 Å². The second-order valence-corrected chi connectivity index (χ2v) is 8.31. The van der Waals surface area contributed by atoms with Gasteiger partial charge < -0.3 is 5.32 Å². The molecule has 0 aliphatic heterocycles. The summed E-state index contributed by atoms with van der Waals surface area (Å²) in [5.41, 5.74) is 0.584. The predicted molar refractivity (Wildman–Crippen MR) is 103 cm³/mol. The SMILES string of the molecule is Cc1cccc(N(CCCC(=O)Nc2cccc(C(F)(F)F)c2)S(C)(=O)=O)c1. The molecular weight excluding hydrogens is 393 g/mol. The molecule has 0 aromatic heterocycles. The first-order valence-electron chi connectivity index (χ1n) is 8.48. The number of nitrogens with zero attached hydrogens (tertiary/aromatic N) is 1. The Morgan fingerprint density at radius 2 is 1.79 bits per heavy atom. The summed E-state index contributed by atoms with van der Waals surface area (Å²) in [6.45, 7) is 1.92. The van der Waals surface area contributed by atoms with Crippen LogP contribution in [0, 0.1) is 6.92 Å². The molecule has 0 saturated heterocycles. The van der Waals surface area contributed by atoms with Gasteiger partial charge in [-0.1, -0.05) is 18.2 Å². The molecule has 5 nitrogen and oxygen atoms in total. The maximum absolute atomic E-state index is 12.7. The van der Waals surface area contributed by atoms with Crippen molar-refractivity contribution < 1.29 is 26.4 Å². The minimum atomic E-state index is -4.50. The highest BCUT2D eigenvalue weighted by atomic mass is 32.2. The van der Waals surface area contributed by atoms with Gasteiger partial charge in [-0.2, -0.15) is 13.2 Å². The monoisotopic (exact) mass is 414 g/mol. The van der Waals surface area contributed by atoms with Crippen LogP contribution in [0.25, 0.3) is 0 Å². The Morgan fingerprint density at radius 1 is 1.11 bits per heavy atom. The van der Waals surface area contributed by atoms with E-state index in [0.29, 0.717) is 5.69 Å². The van der Waals surface area contributed by atoms with Crippen LogP contribution < -0.4 is 9.62 Å². The molecule has 2 aromatic carbocycles.